The number of aryl methyl sites for hydroxylation is 1. The molecule has 0 aromatic carbocycles. The smallest absolute Gasteiger partial charge is 0.226 e. The Kier molecular flexibility index (Phi) is 3.87. The maximum absolute atomic E-state index is 11.8. The van der Waals surface area contributed by atoms with Crippen molar-refractivity contribution in [2.75, 3.05) is 5.32 Å². The number of anilines is 1. The summed E-state index contributed by atoms with van der Waals surface area (Å²) in [5.41, 5.74) is 6.08. The molecule has 0 aliphatic rings. The predicted molar refractivity (Wildman–Crippen MR) is 71.8 cm³/mol. The molecular formula is C11H18N4OS. The Bertz CT molecular complexity index is 445. The minimum absolute atomic E-state index is 0.0634. The molecule has 0 bridgehead atoms. The van der Waals surface area contributed by atoms with Crippen LogP contribution in [0, 0.1) is 5.41 Å². The van der Waals surface area contributed by atoms with Crippen LogP contribution in [0.5, 0.6) is 0 Å². The van der Waals surface area contributed by atoms with Crippen molar-refractivity contribution >= 4 is 28.9 Å². The highest BCUT2D eigenvalue weighted by atomic mass is 32.1. The minimum Gasteiger partial charge on any atom is -0.389 e. The molecule has 1 aromatic rings. The van der Waals surface area contributed by atoms with Crippen molar-refractivity contribution in [1.29, 1.82) is 0 Å². The average Bonchev–Trinajstić information content (AvgIpc) is 2.44. The summed E-state index contributed by atoms with van der Waals surface area (Å²) in [5.74, 6) is 0.477. The van der Waals surface area contributed by atoms with Crippen LogP contribution in [0.15, 0.2) is 6.20 Å². The number of nitrogens with two attached hydrogens (primary N) is 1. The van der Waals surface area contributed by atoms with Crippen molar-refractivity contribution in [3.8, 4) is 0 Å². The molecule has 0 unspecified atom stereocenters. The van der Waals surface area contributed by atoms with Gasteiger partial charge in [-0.1, -0.05) is 33.0 Å². The van der Waals surface area contributed by atoms with Crippen molar-refractivity contribution in [2.24, 2.45) is 18.2 Å². The van der Waals surface area contributed by atoms with Gasteiger partial charge in [-0.05, 0) is 5.41 Å². The van der Waals surface area contributed by atoms with E-state index in [1.54, 1.807) is 17.9 Å². The molecule has 94 valence electrons. The predicted octanol–water partition coefficient (Wildman–Crippen LogP) is 1.43. The molecule has 0 spiro atoms. The molecule has 6 heteroatoms. The van der Waals surface area contributed by atoms with E-state index in [0.717, 1.165) is 0 Å². The largest absolute Gasteiger partial charge is 0.389 e. The zero-order chi connectivity index (χ0) is 13.2. The molecule has 3 N–H and O–H groups in total. The standard InChI is InChI=1S/C11H18N4OS/c1-11(2,3)5-8(16)14-10-7(9(12)17)6-13-15(10)4/h6H,5H2,1-4H3,(H2,12,17)(H,14,16). The molecule has 5 nitrogen and oxygen atoms in total. The van der Waals surface area contributed by atoms with E-state index in [-0.39, 0.29) is 16.3 Å². The lowest BCUT2D eigenvalue weighted by atomic mass is 9.92. The Balaban J connectivity index is 2.85. The molecule has 1 aromatic heterocycles. The summed E-state index contributed by atoms with van der Waals surface area (Å²) in [6.07, 6.45) is 1.98. The summed E-state index contributed by atoms with van der Waals surface area (Å²) in [5, 5.41) is 6.81. The summed E-state index contributed by atoms with van der Waals surface area (Å²) < 4.78 is 1.55. The second-order valence-corrected chi connectivity index (χ2v) is 5.62. The second-order valence-electron chi connectivity index (χ2n) is 5.18. The number of nitrogens with zero attached hydrogens (tertiary/aromatic N) is 2. The quantitative estimate of drug-likeness (QED) is 0.800. The number of carbonyl (C=O) groups is 1. The Hall–Kier alpha value is -1.43. The van der Waals surface area contributed by atoms with E-state index in [0.29, 0.717) is 17.8 Å². The normalized spacial score (nSPS) is 11.3. The fraction of sp³-hybridized carbons (Fsp3) is 0.545. The molecule has 0 aliphatic heterocycles. The van der Waals surface area contributed by atoms with Crippen LogP contribution in [0.4, 0.5) is 5.82 Å². The first-order chi connectivity index (χ1) is 7.70. The van der Waals surface area contributed by atoms with E-state index in [2.05, 4.69) is 10.4 Å². The lowest BCUT2D eigenvalue weighted by molar-refractivity contribution is -0.117. The summed E-state index contributed by atoms with van der Waals surface area (Å²) in [6.45, 7) is 6.01. The van der Waals surface area contributed by atoms with Crippen molar-refractivity contribution in [3.05, 3.63) is 11.8 Å². The minimum atomic E-state index is -0.0707. The highest BCUT2D eigenvalue weighted by molar-refractivity contribution is 7.80. The summed E-state index contributed by atoms with van der Waals surface area (Å²) in [4.78, 5) is 12.0. The topological polar surface area (TPSA) is 72.9 Å². The third-order valence-electron chi connectivity index (χ3n) is 2.15. The fourth-order valence-corrected chi connectivity index (χ4v) is 1.57. The number of rotatable bonds is 3. The number of nitrogens with one attached hydrogen (secondary N) is 1. The van der Waals surface area contributed by atoms with E-state index in [1.165, 1.54) is 0 Å². The van der Waals surface area contributed by atoms with Crippen molar-refractivity contribution in [2.45, 2.75) is 27.2 Å². The van der Waals surface area contributed by atoms with Gasteiger partial charge in [0.1, 0.15) is 10.8 Å². The van der Waals surface area contributed by atoms with Gasteiger partial charge in [-0.25, -0.2) is 0 Å². The number of aromatic nitrogens is 2. The first kappa shape index (κ1) is 13.6. The lowest BCUT2D eigenvalue weighted by Crippen LogP contribution is -2.23. The van der Waals surface area contributed by atoms with Crippen LogP contribution < -0.4 is 11.1 Å². The van der Waals surface area contributed by atoms with Gasteiger partial charge in [0.25, 0.3) is 0 Å². The van der Waals surface area contributed by atoms with Gasteiger partial charge in [0, 0.05) is 13.5 Å². The second kappa shape index (κ2) is 4.83. The van der Waals surface area contributed by atoms with E-state index in [4.69, 9.17) is 18.0 Å². The molecule has 1 rings (SSSR count). The molecular weight excluding hydrogens is 236 g/mol. The highest BCUT2D eigenvalue weighted by Gasteiger charge is 2.19. The molecule has 0 fully saturated rings. The number of hydrogen-bond donors (Lipinski definition) is 2. The van der Waals surface area contributed by atoms with Crippen LogP contribution >= 0.6 is 12.2 Å². The molecule has 0 aliphatic carbocycles. The van der Waals surface area contributed by atoms with E-state index in [9.17, 15) is 4.79 Å². The van der Waals surface area contributed by atoms with Gasteiger partial charge in [0.15, 0.2) is 0 Å². The summed E-state index contributed by atoms with van der Waals surface area (Å²) in [7, 11) is 1.73. The van der Waals surface area contributed by atoms with Crippen LogP contribution in [0.25, 0.3) is 0 Å². The first-order valence-corrected chi connectivity index (χ1v) is 5.73. The third kappa shape index (κ3) is 3.81. The van der Waals surface area contributed by atoms with Gasteiger partial charge in [-0.15, -0.1) is 0 Å². The van der Waals surface area contributed by atoms with Crippen molar-refractivity contribution in [1.82, 2.24) is 9.78 Å². The van der Waals surface area contributed by atoms with Crippen LogP contribution in [-0.4, -0.2) is 20.7 Å². The number of thiocarbonyl (C=S) groups is 1. The van der Waals surface area contributed by atoms with Crippen LogP contribution in [0.2, 0.25) is 0 Å². The van der Waals surface area contributed by atoms with Gasteiger partial charge >= 0.3 is 0 Å². The maximum atomic E-state index is 11.8. The Morgan fingerprint density at radius 2 is 2.18 bits per heavy atom. The van der Waals surface area contributed by atoms with Gasteiger partial charge in [-0.2, -0.15) is 5.10 Å². The molecule has 0 saturated carbocycles. The molecule has 0 atom stereocenters. The van der Waals surface area contributed by atoms with Crippen molar-refractivity contribution < 1.29 is 4.79 Å². The Morgan fingerprint density at radius 1 is 1.59 bits per heavy atom. The van der Waals surface area contributed by atoms with E-state index < -0.39 is 0 Å². The number of amides is 1. The maximum Gasteiger partial charge on any atom is 0.226 e. The van der Waals surface area contributed by atoms with E-state index >= 15 is 0 Å². The summed E-state index contributed by atoms with van der Waals surface area (Å²) >= 11 is 4.90. The highest BCUT2D eigenvalue weighted by Crippen LogP contribution is 2.20. The number of carbonyl (C=O) groups excluding carboxylic acids is 1. The molecule has 1 heterocycles. The fourth-order valence-electron chi connectivity index (χ4n) is 1.42. The zero-order valence-electron chi connectivity index (χ0n) is 10.6. The van der Waals surface area contributed by atoms with Crippen molar-refractivity contribution in [3.63, 3.8) is 0 Å². The molecule has 0 saturated heterocycles. The Morgan fingerprint density at radius 3 is 2.65 bits per heavy atom. The lowest BCUT2D eigenvalue weighted by Gasteiger charge is -2.17. The first-order valence-electron chi connectivity index (χ1n) is 5.32. The zero-order valence-corrected chi connectivity index (χ0v) is 11.4. The Labute approximate surface area is 106 Å². The van der Waals surface area contributed by atoms with Crippen LogP contribution in [-0.2, 0) is 11.8 Å². The third-order valence-corrected chi connectivity index (χ3v) is 2.37. The summed E-state index contributed by atoms with van der Waals surface area (Å²) in [6, 6.07) is 0. The van der Waals surface area contributed by atoms with Gasteiger partial charge < -0.3 is 11.1 Å². The van der Waals surface area contributed by atoms with Crippen LogP contribution in [0.1, 0.15) is 32.8 Å². The average molecular weight is 254 g/mol. The molecule has 1 amide bonds. The van der Waals surface area contributed by atoms with Crippen LogP contribution in [0.3, 0.4) is 0 Å². The monoisotopic (exact) mass is 254 g/mol. The SMILES string of the molecule is Cn1ncc(C(N)=S)c1NC(=O)CC(C)(C)C. The van der Waals surface area contributed by atoms with E-state index in [1.807, 2.05) is 20.8 Å². The number of hydrogen-bond acceptors (Lipinski definition) is 3. The molecule has 17 heavy (non-hydrogen) atoms. The molecule has 0 radical (unpaired) electrons. The van der Waals surface area contributed by atoms with Gasteiger partial charge in [0.2, 0.25) is 5.91 Å². The van der Waals surface area contributed by atoms with Gasteiger partial charge in [0.05, 0.1) is 11.8 Å². The van der Waals surface area contributed by atoms with Gasteiger partial charge in [-0.3, -0.25) is 9.48 Å².